The maximum absolute atomic E-state index is 12.3. The molecular formula is C9H6F3NO. The number of alkyl halides is 3. The zero-order valence-corrected chi connectivity index (χ0v) is 6.97. The van der Waals surface area contributed by atoms with Crippen molar-refractivity contribution in [3.05, 3.63) is 34.9 Å². The lowest BCUT2D eigenvalue weighted by molar-refractivity contribution is -0.138. The van der Waals surface area contributed by atoms with Crippen molar-refractivity contribution < 1.29 is 18.3 Å². The van der Waals surface area contributed by atoms with Crippen molar-refractivity contribution in [2.45, 2.75) is 12.8 Å². The molecule has 1 aromatic rings. The first kappa shape index (κ1) is 10.5. The minimum absolute atomic E-state index is 0.0991. The predicted molar refractivity (Wildman–Crippen MR) is 42.1 cm³/mol. The van der Waals surface area contributed by atoms with Crippen LogP contribution in [0.2, 0.25) is 0 Å². The number of rotatable bonds is 1. The van der Waals surface area contributed by atoms with Crippen molar-refractivity contribution in [3.63, 3.8) is 0 Å². The highest BCUT2D eigenvalue weighted by Gasteiger charge is 2.32. The third-order valence-electron chi connectivity index (χ3n) is 1.71. The molecule has 0 amide bonds. The largest absolute Gasteiger partial charge is 0.416 e. The second-order valence-corrected chi connectivity index (χ2v) is 2.64. The molecule has 0 bridgehead atoms. The van der Waals surface area contributed by atoms with Crippen LogP contribution in [0.3, 0.4) is 0 Å². The standard InChI is InChI=1S/C9H6F3NO/c10-9(11,12)8-2-1-6(4-13)3-7(8)5-14/h1-3,14H,5H2. The smallest absolute Gasteiger partial charge is 0.392 e. The van der Waals surface area contributed by atoms with E-state index in [-0.39, 0.29) is 11.1 Å². The summed E-state index contributed by atoms with van der Waals surface area (Å²) in [5, 5.41) is 17.1. The molecule has 74 valence electrons. The van der Waals surface area contributed by atoms with Crippen LogP contribution in [0, 0.1) is 11.3 Å². The molecule has 0 heterocycles. The highest BCUT2D eigenvalue weighted by Crippen LogP contribution is 2.32. The summed E-state index contributed by atoms with van der Waals surface area (Å²) in [6, 6.07) is 4.60. The van der Waals surface area contributed by atoms with E-state index in [4.69, 9.17) is 10.4 Å². The van der Waals surface area contributed by atoms with Gasteiger partial charge in [-0.25, -0.2) is 0 Å². The van der Waals surface area contributed by atoms with Crippen molar-refractivity contribution in [3.8, 4) is 6.07 Å². The van der Waals surface area contributed by atoms with Gasteiger partial charge in [0.1, 0.15) is 0 Å². The Morgan fingerprint density at radius 3 is 2.43 bits per heavy atom. The summed E-state index contributed by atoms with van der Waals surface area (Å²) in [5.74, 6) is 0. The number of halogens is 3. The molecule has 5 heteroatoms. The van der Waals surface area contributed by atoms with Crippen LogP contribution in [0.1, 0.15) is 16.7 Å². The van der Waals surface area contributed by atoms with E-state index in [0.29, 0.717) is 0 Å². The highest BCUT2D eigenvalue weighted by atomic mass is 19.4. The van der Waals surface area contributed by atoms with Crippen LogP contribution in [0.4, 0.5) is 13.2 Å². The fraction of sp³-hybridized carbons (Fsp3) is 0.222. The Balaban J connectivity index is 3.27. The molecule has 0 saturated heterocycles. The number of hydrogen-bond acceptors (Lipinski definition) is 2. The summed E-state index contributed by atoms with van der Waals surface area (Å²) < 4.78 is 36.8. The zero-order valence-electron chi connectivity index (χ0n) is 6.97. The first-order valence-electron chi connectivity index (χ1n) is 3.70. The van der Waals surface area contributed by atoms with Gasteiger partial charge in [-0.3, -0.25) is 0 Å². The van der Waals surface area contributed by atoms with Gasteiger partial charge in [-0.1, -0.05) is 0 Å². The first-order chi connectivity index (χ1) is 6.49. The van der Waals surface area contributed by atoms with Crippen LogP contribution >= 0.6 is 0 Å². The Kier molecular flexibility index (Phi) is 2.77. The molecule has 0 saturated carbocycles. The molecule has 0 radical (unpaired) electrons. The highest BCUT2D eigenvalue weighted by molar-refractivity contribution is 5.39. The number of benzene rings is 1. The van der Waals surface area contributed by atoms with Crippen molar-refractivity contribution >= 4 is 0 Å². The summed E-state index contributed by atoms with van der Waals surface area (Å²) in [6.45, 7) is -0.732. The molecule has 0 aliphatic rings. The van der Waals surface area contributed by atoms with Crippen molar-refractivity contribution in [1.29, 1.82) is 5.26 Å². The summed E-state index contributed by atoms with van der Waals surface area (Å²) in [4.78, 5) is 0. The zero-order chi connectivity index (χ0) is 10.8. The van der Waals surface area contributed by atoms with Gasteiger partial charge < -0.3 is 5.11 Å². The van der Waals surface area contributed by atoms with Gasteiger partial charge in [-0.15, -0.1) is 0 Å². The third kappa shape index (κ3) is 2.03. The molecule has 1 aromatic carbocycles. The molecule has 0 aliphatic carbocycles. The molecular weight excluding hydrogens is 195 g/mol. The Hall–Kier alpha value is -1.54. The van der Waals surface area contributed by atoms with Gasteiger partial charge in [-0.05, 0) is 23.8 Å². The van der Waals surface area contributed by atoms with Gasteiger partial charge in [-0.2, -0.15) is 18.4 Å². The number of hydrogen-bond donors (Lipinski definition) is 1. The molecule has 0 atom stereocenters. The van der Waals surface area contributed by atoms with Gasteiger partial charge >= 0.3 is 6.18 Å². The topological polar surface area (TPSA) is 44.0 Å². The van der Waals surface area contributed by atoms with Crippen LogP contribution in [0.15, 0.2) is 18.2 Å². The van der Waals surface area contributed by atoms with E-state index in [2.05, 4.69) is 0 Å². The van der Waals surface area contributed by atoms with Crippen LogP contribution in [-0.2, 0) is 12.8 Å². The first-order valence-corrected chi connectivity index (χ1v) is 3.70. The van der Waals surface area contributed by atoms with E-state index in [1.165, 1.54) is 0 Å². The number of nitriles is 1. The predicted octanol–water partition coefficient (Wildman–Crippen LogP) is 2.07. The van der Waals surface area contributed by atoms with Gasteiger partial charge in [0.2, 0.25) is 0 Å². The maximum Gasteiger partial charge on any atom is 0.416 e. The molecule has 14 heavy (non-hydrogen) atoms. The monoisotopic (exact) mass is 201 g/mol. The normalized spacial score (nSPS) is 11.1. The van der Waals surface area contributed by atoms with Crippen molar-refractivity contribution in [2.24, 2.45) is 0 Å². The van der Waals surface area contributed by atoms with Crippen LogP contribution < -0.4 is 0 Å². The van der Waals surface area contributed by atoms with Crippen LogP contribution in [0.25, 0.3) is 0 Å². The van der Waals surface area contributed by atoms with Gasteiger partial charge in [0.05, 0.1) is 23.8 Å². The Bertz CT molecular complexity index is 379. The molecule has 0 fully saturated rings. The lowest BCUT2D eigenvalue weighted by Crippen LogP contribution is -2.09. The molecule has 0 unspecified atom stereocenters. The number of aliphatic hydroxyl groups excluding tert-OH is 1. The van der Waals surface area contributed by atoms with E-state index in [1.807, 2.05) is 0 Å². The minimum atomic E-state index is -4.49. The Morgan fingerprint density at radius 1 is 1.36 bits per heavy atom. The van der Waals surface area contributed by atoms with Crippen LogP contribution in [0.5, 0.6) is 0 Å². The van der Waals surface area contributed by atoms with Gasteiger partial charge in [0.15, 0.2) is 0 Å². The third-order valence-corrected chi connectivity index (χ3v) is 1.71. The van der Waals surface area contributed by atoms with E-state index in [9.17, 15) is 13.2 Å². The fourth-order valence-electron chi connectivity index (χ4n) is 1.07. The molecule has 0 aliphatic heterocycles. The quantitative estimate of drug-likeness (QED) is 0.755. The van der Waals surface area contributed by atoms with E-state index < -0.39 is 18.3 Å². The summed E-state index contributed by atoms with van der Waals surface area (Å²) in [5.41, 5.74) is -1.09. The van der Waals surface area contributed by atoms with Crippen LogP contribution in [-0.4, -0.2) is 5.11 Å². The number of aliphatic hydroxyl groups is 1. The van der Waals surface area contributed by atoms with Crippen molar-refractivity contribution in [1.82, 2.24) is 0 Å². The average Bonchev–Trinajstić information content (AvgIpc) is 2.15. The molecule has 1 rings (SSSR count). The summed E-state index contributed by atoms with van der Waals surface area (Å²) in [6.07, 6.45) is -4.49. The summed E-state index contributed by atoms with van der Waals surface area (Å²) in [7, 11) is 0. The number of nitrogens with zero attached hydrogens (tertiary/aromatic N) is 1. The van der Waals surface area contributed by atoms with Gasteiger partial charge in [0, 0.05) is 0 Å². The molecule has 1 N–H and O–H groups in total. The molecule has 0 spiro atoms. The summed E-state index contributed by atoms with van der Waals surface area (Å²) >= 11 is 0. The minimum Gasteiger partial charge on any atom is -0.392 e. The fourth-order valence-corrected chi connectivity index (χ4v) is 1.07. The Morgan fingerprint density at radius 2 is 2.00 bits per heavy atom. The SMILES string of the molecule is N#Cc1ccc(C(F)(F)F)c(CO)c1. The molecule has 2 nitrogen and oxygen atoms in total. The van der Waals surface area contributed by atoms with E-state index >= 15 is 0 Å². The average molecular weight is 201 g/mol. The Labute approximate surface area is 78.2 Å². The van der Waals surface area contributed by atoms with Gasteiger partial charge in [0.25, 0.3) is 0 Å². The second kappa shape index (κ2) is 3.68. The maximum atomic E-state index is 12.3. The molecule has 0 aromatic heterocycles. The lowest BCUT2D eigenvalue weighted by Gasteiger charge is -2.10. The van der Waals surface area contributed by atoms with E-state index in [0.717, 1.165) is 18.2 Å². The second-order valence-electron chi connectivity index (χ2n) is 2.64. The lowest BCUT2D eigenvalue weighted by atomic mass is 10.0. The van der Waals surface area contributed by atoms with E-state index in [1.54, 1.807) is 6.07 Å². The van der Waals surface area contributed by atoms with Crippen molar-refractivity contribution in [2.75, 3.05) is 0 Å².